The first kappa shape index (κ1) is 30.1. The minimum absolute atomic E-state index is 0.0289. The van der Waals surface area contributed by atoms with Crippen molar-refractivity contribution in [3.8, 4) is 11.5 Å². The van der Waals surface area contributed by atoms with Crippen LogP contribution in [0.4, 0.5) is 0 Å². The van der Waals surface area contributed by atoms with Crippen LogP contribution in [0.2, 0.25) is 0 Å². The number of fused-ring (bicyclic) bond motifs is 2. The summed E-state index contributed by atoms with van der Waals surface area (Å²) in [4.78, 5) is 44.8. The normalized spacial score (nSPS) is 26.2. The zero-order valence-electron chi connectivity index (χ0n) is 25.1. The number of rotatable bonds is 9. The largest absolute Gasteiger partial charge is 0.468 e. The zero-order valence-corrected chi connectivity index (χ0v) is 25.1. The Balaban J connectivity index is 1.33. The molecule has 0 aliphatic carbocycles. The number of benzene rings is 2. The summed E-state index contributed by atoms with van der Waals surface area (Å²) in [6.07, 6.45) is 0.705. The van der Waals surface area contributed by atoms with Gasteiger partial charge in [0, 0.05) is 31.1 Å². The molecule has 0 bridgehead atoms. The van der Waals surface area contributed by atoms with Crippen molar-refractivity contribution in [2.75, 3.05) is 46.8 Å². The Morgan fingerprint density at radius 3 is 2.57 bits per heavy atom. The van der Waals surface area contributed by atoms with Crippen LogP contribution in [0.25, 0.3) is 0 Å². The topological polar surface area (TPSA) is 113 Å². The summed E-state index contributed by atoms with van der Waals surface area (Å²) < 4.78 is 34.2. The van der Waals surface area contributed by atoms with Crippen LogP contribution in [0.1, 0.15) is 30.9 Å². The molecule has 0 aromatic heterocycles. The van der Waals surface area contributed by atoms with Gasteiger partial charge in [-0.25, -0.2) is 0 Å². The number of carbonyl (C=O) groups is 3. The summed E-state index contributed by atoms with van der Waals surface area (Å²) >= 11 is 0. The van der Waals surface area contributed by atoms with Crippen LogP contribution < -0.4 is 9.47 Å². The molecule has 2 fully saturated rings. The van der Waals surface area contributed by atoms with E-state index in [1.54, 1.807) is 15.9 Å². The van der Waals surface area contributed by atoms with Crippen LogP contribution >= 0.6 is 0 Å². The number of morpholine rings is 1. The lowest BCUT2D eigenvalue weighted by atomic mass is 9.66. The maximum absolute atomic E-state index is 14.3. The number of piperidine rings is 1. The monoisotopic (exact) mass is 606 g/mol. The van der Waals surface area contributed by atoms with E-state index in [1.807, 2.05) is 55.5 Å². The van der Waals surface area contributed by atoms with Gasteiger partial charge in [-0.3, -0.25) is 14.4 Å². The number of hydrogen-bond acceptors (Lipinski definition) is 9. The Hall–Kier alpha value is -3.93. The highest BCUT2D eigenvalue weighted by Crippen LogP contribution is 2.51. The van der Waals surface area contributed by atoms with Gasteiger partial charge >= 0.3 is 5.97 Å². The van der Waals surface area contributed by atoms with Crippen LogP contribution in [0, 0.1) is 11.3 Å². The molecule has 2 saturated heterocycles. The standard InChI is InChI=1S/C33H38N2O9/c1-22-33(32(38)39-2)17-25(15-30(36)34-10-12-40-13-11-34)31(37)35(18-24-8-9-27-28(14-24)43-21-42-27)29(33)16-26(44-22)20-41-19-23-6-4-3-5-7-23/h3-9,14,16,22,25-26H,10-13,15,17-21H2,1-2H3/t22-,25+,26-,33+/m1/s1. The fourth-order valence-corrected chi connectivity index (χ4v) is 6.55. The van der Waals surface area contributed by atoms with Gasteiger partial charge in [0.1, 0.15) is 11.5 Å². The predicted octanol–water partition coefficient (Wildman–Crippen LogP) is 3.06. The number of methoxy groups -OCH3 is 1. The van der Waals surface area contributed by atoms with Crippen molar-refractivity contribution in [3.63, 3.8) is 0 Å². The fourth-order valence-electron chi connectivity index (χ4n) is 6.55. The lowest BCUT2D eigenvalue weighted by Crippen LogP contribution is -2.60. The van der Waals surface area contributed by atoms with Gasteiger partial charge in [0.05, 0.1) is 46.2 Å². The number of amides is 2. The second-order valence-corrected chi connectivity index (χ2v) is 11.5. The van der Waals surface area contributed by atoms with Crippen LogP contribution in [-0.2, 0) is 46.5 Å². The fraction of sp³-hybridized carbons (Fsp3) is 0.485. The molecular weight excluding hydrogens is 568 g/mol. The quantitative estimate of drug-likeness (QED) is 0.398. The Kier molecular flexibility index (Phi) is 8.88. The first-order valence-corrected chi connectivity index (χ1v) is 15.0. The first-order chi connectivity index (χ1) is 21.4. The van der Waals surface area contributed by atoms with Crippen molar-refractivity contribution in [1.29, 1.82) is 0 Å². The molecule has 0 spiro atoms. The van der Waals surface area contributed by atoms with Crippen molar-refractivity contribution in [2.45, 2.75) is 45.1 Å². The van der Waals surface area contributed by atoms with Crippen molar-refractivity contribution in [3.05, 3.63) is 71.4 Å². The Morgan fingerprint density at radius 1 is 1.02 bits per heavy atom. The molecule has 0 unspecified atom stereocenters. The smallest absolute Gasteiger partial charge is 0.320 e. The third kappa shape index (κ3) is 5.91. The minimum Gasteiger partial charge on any atom is -0.468 e. The first-order valence-electron chi connectivity index (χ1n) is 15.0. The predicted molar refractivity (Wildman–Crippen MR) is 156 cm³/mol. The van der Waals surface area contributed by atoms with Gasteiger partial charge in [-0.2, -0.15) is 0 Å². The van der Waals surface area contributed by atoms with E-state index in [2.05, 4.69) is 0 Å². The molecule has 11 nitrogen and oxygen atoms in total. The number of nitrogens with zero attached hydrogens (tertiary/aromatic N) is 2. The maximum atomic E-state index is 14.3. The van der Waals surface area contributed by atoms with Crippen LogP contribution in [0.3, 0.4) is 0 Å². The molecule has 2 aromatic rings. The highest BCUT2D eigenvalue weighted by Gasteiger charge is 2.59. The number of likely N-dealkylation sites (tertiary alicyclic amines) is 1. The SMILES string of the molecule is COC(=O)[C@]12C[C@H](CC(=O)N3CCOCC3)C(=O)N(Cc3ccc4c(c3)OCO4)C1=C[C@H](COCc1ccccc1)O[C@@H]2C. The molecule has 4 aliphatic heterocycles. The number of carbonyl (C=O) groups excluding carboxylic acids is 3. The molecule has 4 atom stereocenters. The molecule has 6 rings (SSSR count). The molecule has 0 N–H and O–H groups in total. The van der Waals surface area contributed by atoms with Gasteiger partial charge in [-0.1, -0.05) is 36.4 Å². The summed E-state index contributed by atoms with van der Waals surface area (Å²) in [5.74, 6) is -0.413. The van der Waals surface area contributed by atoms with E-state index >= 15 is 0 Å². The van der Waals surface area contributed by atoms with Gasteiger partial charge < -0.3 is 38.2 Å². The lowest BCUT2D eigenvalue weighted by Gasteiger charge is -2.51. The van der Waals surface area contributed by atoms with E-state index in [9.17, 15) is 14.4 Å². The third-order valence-electron chi connectivity index (χ3n) is 8.85. The summed E-state index contributed by atoms with van der Waals surface area (Å²) in [5.41, 5.74) is 1.02. The van der Waals surface area contributed by atoms with Gasteiger partial charge in [0.15, 0.2) is 11.5 Å². The van der Waals surface area contributed by atoms with E-state index in [0.717, 1.165) is 11.1 Å². The molecule has 4 heterocycles. The van der Waals surface area contributed by atoms with Gasteiger partial charge in [-0.15, -0.1) is 0 Å². The van der Waals surface area contributed by atoms with E-state index < -0.39 is 29.5 Å². The van der Waals surface area contributed by atoms with E-state index in [1.165, 1.54) is 7.11 Å². The zero-order chi connectivity index (χ0) is 30.7. The van der Waals surface area contributed by atoms with Crippen LogP contribution in [0.15, 0.2) is 60.3 Å². The third-order valence-corrected chi connectivity index (χ3v) is 8.85. The molecule has 0 saturated carbocycles. The number of esters is 1. The van der Waals surface area contributed by atoms with Crippen molar-refractivity contribution in [1.82, 2.24) is 9.80 Å². The van der Waals surface area contributed by atoms with Gasteiger partial charge in [0.25, 0.3) is 0 Å². The average molecular weight is 607 g/mol. The van der Waals surface area contributed by atoms with Crippen LogP contribution in [0.5, 0.6) is 11.5 Å². The highest BCUT2D eigenvalue weighted by molar-refractivity contribution is 5.92. The van der Waals surface area contributed by atoms with Crippen molar-refractivity contribution in [2.24, 2.45) is 11.3 Å². The Labute approximate surface area is 256 Å². The van der Waals surface area contributed by atoms with Gasteiger partial charge in [-0.05, 0) is 42.7 Å². The van der Waals surface area contributed by atoms with E-state index in [-0.39, 0.29) is 44.6 Å². The molecule has 2 aromatic carbocycles. The van der Waals surface area contributed by atoms with Crippen molar-refractivity contribution < 1.29 is 42.8 Å². The summed E-state index contributed by atoms with van der Waals surface area (Å²) in [7, 11) is 1.34. The number of hydrogen-bond donors (Lipinski definition) is 0. The minimum atomic E-state index is -1.30. The molecule has 2 amide bonds. The summed E-state index contributed by atoms with van der Waals surface area (Å²) in [6, 6.07) is 15.3. The van der Waals surface area contributed by atoms with E-state index in [4.69, 9.17) is 28.4 Å². The van der Waals surface area contributed by atoms with Crippen LogP contribution in [-0.4, -0.2) is 86.6 Å². The molecule has 11 heteroatoms. The highest BCUT2D eigenvalue weighted by atomic mass is 16.7. The summed E-state index contributed by atoms with van der Waals surface area (Å²) in [5, 5.41) is 0. The Bertz CT molecular complexity index is 1410. The maximum Gasteiger partial charge on any atom is 0.320 e. The molecule has 0 radical (unpaired) electrons. The molecule has 234 valence electrons. The lowest BCUT2D eigenvalue weighted by molar-refractivity contribution is -0.178. The number of ether oxygens (including phenoxy) is 6. The Morgan fingerprint density at radius 2 is 1.80 bits per heavy atom. The molecular formula is C33H38N2O9. The van der Waals surface area contributed by atoms with E-state index in [0.29, 0.717) is 50.1 Å². The van der Waals surface area contributed by atoms with Crippen molar-refractivity contribution >= 4 is 17.8 Å². The van der Waals surface area contributed by atoms with Gasteiger partial charge in [0.2, 0.25) is 18.6 Å². The molecule has 4 aliphatic rings. The summed E-state index contributed by atoms with van der Waals surface area (Å²) in [6.45, 7) is 4.59. The second kappa shape index (κ2) is 13.0. The second-order valence-electron chi connectivity index (χ2n) is 11.5. The molecule has 44 heavy (non-hydrogen) atoms. The average Bonchev–Trinajstić information content (AvgIpc) is 3.52.